The number of hydrogen-bond acceptors (Lipinski definition) is 5. The zero-order chi connectivity index (χ0) is 15.5. The van der Waals surface area contributed by atoms with Gasteiger partial charge in [0.15, 0.2) is 11.4 Å². The van der Waals surface area contributed by atoms with Gasteiger partial charge in [-0.2, -0.15) is 5.26 Å². The average molecular weight is 314 g/mol. The van der Waals surface area contributed by atoms with Gasteiger partial charge in [0.25, 0.3) is 0 Å². The molecule has 5 nitrogen and oxygen atoms in total. The number of aliphatic imine (C=N–C) groups is 1. The SMILES string of the molecule is CC1CC(C(=O)NC2=NCC(c3ccccc3)S2)CN1C#N. The Morgan fingerprint density at radius 2 is 2.23 bits per heavy atom. The van der Waals surface area contributed by atoms with E-state index in [1.807, 2.05) is 25.1 Å². The number of amidine groups is 1. The number of nitriles is 1. The monoisotopic (exact) mass is 314 g/mol. The van der Waals surface area contributed by atoms with Gasteiger partial charge < -0.3 is 10.2 Å². The number of benzene rings is 1. The van der Waals surface area contributed by atoms with Crippen LogP contribution < -0.4 is 5.32 Å². The van der Waals surface area contributed by atoms with E-state index in [1.54, 1.807) is 16.7 Å². The van der Waals surface area contributed by atoms with E-state index < -0.39 is 0 Å². The Morgan fingerprint density at radius 1 is 1.45 bits per heavy atom. The van der Waals surface area contributed by atoms with Crippen LogP contribution in [0, 0.1) is 17.4 Å². The topological polar surface area (TPSA) is 68.5 Å². The van der Waals surface area contributed by atoms with Crippen LogP contribution in [-0.4, -0.2) is 35.1 Å². The molecule has 0 saturated carbocycles. The van der Waals surface area contributed by atoms with Crippen LogP contribution in [0.4, 0.5) is 0 Å². The van der Waals surface area contributed by atoms with Gasteiger partial charge in [-0.05, 0) is 18.9 Å². The summed E-state index contributed by atoms with van der Waals surface area (Å²) in [4.78, 5) is 18.4. The van der Waals surface area contributed by atoms with Crippen LogP contribution in [0.1, 0.15) is 24.2 Å². The minimum absolute atomic E-state index is 0.0236. The van der Waals surface area contributed by atoms with Crippen LogP contribution in [0.3, 0.4) is 0 Å². The van der Waals surface area contributed by atoms with Crippen molar-refractivity contribution in [1.82, 2.24) is 10.2 Å². The van der Waals surface area contributed by atoms with Crippen molar-refractivity contribution in [1.29, 1.82) is 5.26 Å². The molecule has 22 heavy (non-hydrogen) atoms. The number of thioether (sulfide) groups is 1. The van der Waals surface area contributed by atoms with E-state index in [0.717, 1.165) is 6.42 Å². The van der Waals surface area contributed by atoms with Gasteiger partial charge in [-0.25, -0.2) is 0 Å². The Hall–Kier alpha value is -2.00. The number of carbonyl (C=O) groups excluding carboxylic acids is 1. The maximum atomic E-state index is 12.3. The van der Waals surface area contributed by atoms with Crippen LogP contribution >= 0.6 is 11.8 Å². The van der Waals surface area contributed by atoms with Crippen molar-refractivity contribution in [2.24, 2.45) is 10.9 Å². The highest BCUT2D eigenvalue weighted by Gasteiger charge is 2.34. The Bertz CT molecular complexity index is 625. The minimum Gasteiger partial charge on any atom is -0.307 e. The summed E-state index contributed by atoms with van der Waals surface area (Å²) >= 11 is 1.60. The molecule has 3 atom stereocenters. The average Bonchev–Trinajstić information content (AvgIpc) is 3.14. The van der Waals surface area contributed by atoms with E-state index in [2.05, 4.69) is 28.6 Å². The highest BCUT2D eigenvalue weighted by molar-refractivity contribution is 8.14. The van der Waals surface area contributed by atoms with Crippen LogP contribution in [0.15, 0.2) is 35.3 Å². The third-order valence-corrected chi connectivity index (χ3v) is 5.29. The van der Waals surface area contributed by atoms with Crippen molar-refractivity contribution in [2.75, 3.05) is 13.1 Å². The van der Waals surface area contributed by atoms with E-state index in [1.165, 1.54) is 5.56 Å². The second-order valence-corrected chi connectivity index (χ2v) is 6.88. The standard InChI is InChI=1S/C16H18N4OS/c1-11-7-13(9-20(11)10-17)15(21)19-16-18-8-14(22-16)12-5-3-2-4-6-12/h2-6,11,13-14H,7-9H2,1H3,(H,18,19,21). The molecule has 114 valence electrons. The van der Waals surface area contributed by atoms with Gasteiger partial charge in [0.05, 0.1) is 17.7 Å². The van der Waals surface area contributed by atoms with E-state index in [-0.39, 0.29) is 23.1 Å². The largest absolute Gasteiger partial charge is 0.307 e. The van der Waals surface area contributed by atoms with Crippen LogP contribution in [0.5, 0.6) is 0 Å². The molecule has 0 bridgehead atoms. The summed E-state index contributed by atoms with van der Waals surface area (Å²) in [5.74, 6) is -0.154. The lowest BCUT2D eigenvalue weighted by atomic mass is 10.1. The first-order valence-corrected chi connectivity index (χ1v) is 8.28. The van der Waals surface area contributed by atoms with Crippen molar-refractivity contribution in [3.05, 3.63) is 35.9 Å². The third kappa shape index (κ3) is 3.09. The number of rotatable bonds is 2. The fourth-order valence-electron chi connectivity index (χ4n) is 2.85. The molecule has 2 aliphatic rings. The predicted molar refractivity (Wildman–Crippen MR) is 87.1 cm³/mol. The highest BCUT2D eigenvalue weighted by atomic mass is 32.2. The molecule has 1 N–H and O–H groups in total. The lowest BCUT2D eigenvalue weighted by Gasteiger charge is -2.12. The second-order valence-electron chi connectivity index (χ2n) is 5.69. The van der Waals surface area contributed by atoms with Crippen LogP contribution in [0.25, 0.3) is 0 Å². The molecule has 1 aromatic rings. The Kier molecular flexibility index (Phi) is 4.34. The molecule has 1 amide bonds. The van der Waals surface area contributed by atoms with Gasteiger partial charge >= 0.3 is 0 Å². The van der Waals surface area contributed by atoms with Crippen molar-refractivity contribution < 1.29 is 4.79 Å². The summed E-state index contributed by atoms with van der Waals surface area (Å²) < 4.78 is 0. The quantitative estimate of drug-likeness (QED) is 0.849. The van der Waals surface area contributed by atoms with E-state index >= 15 is 0 Å². The minimum atomic E-state index is -0.131. The number of carbonyl (C=O) groups is 1. The lowest BCUT2D eigenvalue weighted by Crippen LogP contribution is -2.34. The Morgan fingerprint density at radius 3 is 2.91 bits per heavy atom. The predicted octanol–water partition coefficient (Wildman–Crippen LogP) is 2.14. The van der Waals surface area contributed by atoms with Gasteiger partial charge in [0.2, 0.25) is 5.91 Å². The fourth-order valence-corrected chi connectivity index (χ4v) is 3.87. The number of amides is 1. The molecule has 2 aliphatic heterocycles. The summed E-state index contributed by atoms with van der Waals surface area (Å²) in [7, 11) is 0. The molecular weight excluding hydrogens is 296 g/mol. The lowest BCUT2D eigenvalue weighted by molar-refractivity contribution is -0.123. The Balaban J connectivity index is 1.55. The first-order valence-electron chi connectivity index (χ1n) is 7.40. The summed E-state index contributed by atoms with van der Waals surface area (Å²) in [6.07, 6.45) is 2.86. The maximum Gasteiger partial charge on any atom is 0.230 e. The Labute approximate surface area is 134 Å². The summed E-state index contributed by atoms with van der Waals surface area (Å²) in [5.41, 5.74) is 1.23. The normalized spacial score (nSPS) is 27.4. The molecule has 0 aliphatic carbocycles. The molecule has 1 saturated heterocycles. The first-order chi connectivity index (χ1) is 10.7. The number of hydrogen-bond donors (Lipinski definition) is 1. The molecule has 0 spiro atoms. The van der Waals surface area contributed by atoms with Gasteiger partial charge in [0.1, 0.15) is 0 Å². The number of likely N-dealkylation sites (tertiary alicyclic amines) is 1. The van der Waals surface area contributed by atoms with Gasteiger partial charge in [-0.3, -0.25) is 9.79 Å². The summed E-state index contributed by atoms with van der Waals surface area (Å²) in [5, 5.41) is 12.9. The zero-order valence-electron chi connectivity index (χ0n) is 12.4. The molecule has 0 aromatic heterocycles. The third-order valence-electron chi connectivity index (χ3n) is 4.13. The van der Waals surface area contributed by atoms with Crippen molar-refractivity contribution in [3.8, 4) is 6.19 Å². The van der Waals surface area contributed by atoms with E-state index in [4.69, 9.17) is 5.26 Å². The molecule has 1 fully saturated rings. The van der Waals surface area contributed by atoms with Gasteiger partial charge in [0, 0.05) is 12.6 Å². The molecule has 1 aromatic carbocycles. The smallest absolute Gasteiger partial charge is 0.230 e. The summed E-state index contributed by atoms with van der Waals surface area (Å²) in [6.45, 7) is 3.17. The van der Waals surface area contributed by atoms with Gasteiger partial charge in [-0.1, -0.05) is 42.1 Å². The second kappa shape index (κ2) is 6.41. The number of nitrogens with zero attached hydrogens (tertiary/aromatic N) is 3. The van der Waals surface area contributed by atoms with E-state index in [9.17, 15) is 4.79 Å². The molecule has 0 radical (unpaired) electrons. The number of nitrogens with one attached hydrogen (secondary N) is 1. The zero-order valence-corrected chi connectivity index (χ0v) is 13.2. The fraction of sp³-hybridized carbons (Fsp3) is 0.438. The molecule has 6 heteroatoms. The van der Waals surface area contributed by atoms with Crippen molar-refractivity contribution >= 4 is 22.8 Å². The van der Waals surface area contributed by atoms with Gasteiger partial charge in [-0.15, -0.1) is 0 Å². The molecular formula is C16H18N4OS. The maximum absolute atomic E-state index is 12.3. The van der Waals surface area contributed by atoms with Crippen LogP contribution in [-0.2, 0) is 4.79 Å². The van der Waals surface area contributed by atoms with E-state index in [0.29, 0.717) is 18.3 Å². The van der Waals surface area contributed by atoms with Crippen molar-refractivity contribution in [3.63, 3.8) is 0 Å². The van der Waals surface area contributed by atoms with Crippen molar-refractivity contribution in [2.45, 2.75) is 24.6 Å². The highest BCUT2D eigenvalue weighted by Crippen LogP contribution is 2.34. The first kappa shape index (κ1) is 14.9. The molecule has 3 rings (SSSR count). The molecule has 2 heterocycles. The van der Waals surface area contributed by atoms with Crippen LogP contribution in [0.2, 0.25) is 0 Å². The molecule has 3 unspecified atom stereocenters. The summed E-state index contributed by atoms with van der Waals surface area (Å²) in [6, 6.07) is 10.3.